The smallest absolute Gasteiger partial charge is 0.326 e. The summed E-state index contributed by atoms with van der Waals surface area (Å²) < 4.78 is 11.9. The second-order valence-electron chi connectivity index (χ2n) is 23.6. The van der Waals surface area contributed by atoms with Crippen molar-refractivity contribution in [2.75, 3.05) is 54.5 Å². The Morgan fingerprint density at radius 2 is 1.38 bits per heavy atom. The Hall–Kier alpha value is -7.52. The summed E-state index contributed by atoms with van der Waals surface area (Å²) >= 11 is 0. The third-order valence-electron chi connectivity index (χ3n) is 16.4. The standard InChI is InChI=1S/C61H97N11O16/c1-13-37(6)53(44(87-11)33-48(77)71-31-21-25-43(71)54(88-12)38(7)55(79)66-42(60(84)85)32-40-22-16-14-17-23-40)70(10)59(83)50(35(2)3)68-58(82)52(36(4)5)69(9)49(78)34-64-56(80)41(24-20-29-63-61(62)86)65-57(81)51(39(8)73)67-45(74)26-18-15-19-30-72-46(75)27-28-47(72)76/h14,16-17,22-23,27-28,35-39,41-44,50-54,73H,13,15,18-21,24-26,29-34H2,1-12H3,(H,64,80)(H,65,81)(H,66,79)(H,67,74)(H,68,82)(H,84,85)(H3,62,63,86)/t37-,38+,39?,41?,42-,43?,44+,50-,51?,52-,53?,54+/m0/s1. The van der Waals surface area contributed by atoms with Gasteiger partial charge in [-0.15, -0.1) is 0 Å². The van der Waals surface area contributed by atoms with Gasteiger partial charge in [0.25, 0.3) is 11.8 Å². The van der Waals surface area contributed by atoms with Crippen molar-refractivity contribution in [2.24, 2.45) is 29.4 Å². The second kappa shape index (κ2) is 36.7. The largest absolute Gasteiger partial charge is 0.480 e. The number of likely N-dealkylation sites (tertiary alicyclic amines) is 1. The van der Waals surface area contributed by atoms with Crippen molar-refractivity contribution in [2.45, 2.75) is 187 Å². The van der Waals surface area contributed by atoms with E-state index < -0.39 is 150 Å². The van der Waals surface area contributed by atoms with Crippen molar-refractivity contribution in [3.63, 3.8) is 0 Å². The molecular weight excluding hydrogens is 1140 g/mol. The number of benzene rings is 1. The number of carbonyl (C=O) groups excluding carboxylic acids is 11. The van der Waals surface area contributed by atoms with Gasteiger partial charge in [-0.3, -0.25) is 52.8 Å². The number of nitrogens with one attached hydrogen (secondary N) is 6. The maximum atomic E-state index is 14.8. The van der Waals surface area contributed by atoms with E-state index in [1.54, 1.807) is 70.8 Å². The zero-order chi connectivity index (χ0) is 66.1. The number of primary amides is 1. The third kappa shape index (κ3) is 22.3. The van der Waals surface area contributed by atoms with Crippen LogP contribution in [0, 0.1) is 23.7 Å². The zero-order valence-corrected chi connectivity index (χ0v) is 53.2. The number of hydrogen-bond donors (Lipinski definition) is 9. The number of amides is 12. The highest BCUT2D eigenvalue weighted by Crippen LogP contribution is 2.30. The molecule has 0 aliphatic carbocycles. The van der Waals surface area contributed by atoms with Crippen LogP contribution in [-0.2, 0) is 68.6 Å². The summed E-state index contributed by atoms with van der Waals surface area (Å²) in [7, 11) is 5.84. The van der Waals surface area contributed by atoms with Gasteiger partial charge >= 0.3 is 12.0 Å². The first-order chi connectivity index (χ1) is 41.5. The molecule has 27 heteroatoms. The van der Waals surface area contributed by atoms with Crippen molar-refractivity contribution in [3.8, 4) is 0 Å². The molecule has 0 aromatic heterocycles. The van der Waals surface area contributed by atoms with Gasteiger partial charge in [-0.25, -0.2) is 9.59 Å². The Balaban J connectivity index is 1.72. The van der Waals surface area contributed by atoms with E-state index in [1.807, 2.05) is 19.9 Å². The normalized spacial score (nSPS) is 17.7. The molecule has 1 saturated heterocycles. The van der Waals surface area contributed by atoms with E-state index in [4.69, 9.17) is 15.2 Å². The van der Waals surface area contributed by atoms with Crippen LogP contribution in [0.2, 0.25) is 0 Å². The van der Waals surface area contributed by atoms with Gasteiger partial charge in [0.1, 0.15) is 30.2 Å². The van der Waals surface area contributed by atoms with Gasteiger partial charge < -0.3 is 72.0 Å². The molecule has 1 fully saturated rings. The van der Waals surface area contributed by atoms with Gasteiger partial charge in [0.05, 0.1) is 49.3 Å². The van der Waals surface area contributed by atoms with Crippen molar-refractivity contribution < 1.29 is 77.2 Å². The summed E-state index contributed by atoms with van der Waals surface area (Å²) in [5.41, 5.74) is 5.94. The molecule has 27 nitrogen and oxygen atoms in total. The molecule has 1 aromatic carbocycles. The van der Waals surface area contributed by atoms with Crippen LogP contribution < -0.4 is 37.6 Å². The summed E-state index contributed by atoms with van der Waals surface area (Å²) in [6, 6.07) is 0.459. The van der Waals surface area contributed by atoms with Gasteiger partial charge in [0.2, 0.25) is 47.3 Å². The summed E-state index contributed by atoms with van der Waals surface area (Å²) in [4.78, 5) is 164. The Morgan fingerprint density at radius 3 is 1.93 bits per heavy atom. The number of carboxylic acids is 1. The number of methoxy groups -OCH3 is 2. The molecule has 3 rings (SSSR count). The van der Waals surface area contributed by atoms with Crippen LogP contribution in [0.15, 0.2) is 42.5 Å². The number of unbranched alkanes of at least 4 members (excludes halogenated alkanes) is 2. The van der Waals surface area contributed by atoms with Gasteiger partial charge in [0, 0.05) is 72.9 Å². The number of hydrogen-bond acceptors (Lipinski definition) is 15. The Morgan fingerprint density at radius 1 is 0.739 bits per heavy atom. The Bertz CT molecular complexity index is 2570. The molecule has 492 valence electrons. The Labute approximate surface area is 516 Å². The molecule has 5 unspecified atom stereocenters. The lowest BCUT2D eigenvalue weighted by atomic mass is 9.89. The number of aliphatic hydroxyl groups excluding tert-OH is 1. The predicted octanol–water partition coefficient (Wildman–Crippen LogP) is 0.743. The van der Waals surface area contributed by atoms with Crippen LogP contribution in [0.25, 0.3) is 0 Å². The number of carbonyl (C=O) groups is 12. The zero-order valence-electron chi connectivity index (χ0n) is 53.2. The van der Waals surface area contributed by atoms with E-state index in [0.717, 1.165) is 15.4 Å². The molecule has 0 spiro atoms. The molecule has 12 amide bonds. The molecular formula is C61H97N11O16. The molecule has 12 atom stereocenters. The van der Waals surface area contributed by atoms with Crippen LogP contribution in [0.3, 0.4) is 0 Å². The number of likely N-dealkylation sites (N-methyl/N-ethyl adjacent to an activating group) is 2. The molecule has 10 N–H and O–H groups in total. The van der Waals surface area contributed by atoms with Crippen molar-refractivity contribution in [1.29, 1.82) is 0 Å². The number of aliphatic hydroxyl groups is 1. The van der Waals surface area contributed by atoms with E-state index >= 15 is 0 Å². The van der Waals surface area contributed by atoms with E-state index in [2.05, 4.69) is 31.9 Å². The molecule has 1 aromatic rings. The molecule has 2 aliphatic rings. The topological polar surface area (TPSA) is 375 Å². The van der Waals surface area contributed by atoms with Gasteiger partial charge in [-0.2, -0.15) is 0 Å². The molecule has 0 bridgehead atoms. The summed E-state index contributed by atoms with van der Waals surface area (Å²) in [6.07, 6.45) is 2.06. The number of rotatable bonds is 38. The molecule has 2 aliphatic heterocycles. The van der Waals surface area contributed by atoms with Crippen LogP contribution in [0.4, 0.5) is 4.79 Å². The lowest BCUT2D eigenvalue weighted by Gasteiger charge is -2.41. The van der Waals surface area contributed by atoms with Crippen molar-refractivity contribution in [1.82, 2.24) is 51.5 Å². The van der Waals surface area contributed by atoms with Gasteiger partial charge in [-0.1, -0.05) is 91.6 Å². The monoisotopic (exact) mass is 1240 g/mol. The number of carboxylic acid groups (broad SMARTS) is 1. The summed E-state index contributed by atoms with van der Waals surface area (Å²) in [5.74, 6) is -9.24. The van der Waals surface area contributed by atoms with Crippen LogP contribution in [0.1, 0.15) is 125 Å². The van der Waals surface area contributed by atoms with E-state index in [0.29, 0.717) is 45.1 Å². The summed E-state index contributed by atoms with van der Waals surface area (Å²) in [6.45, 7) is 13.5. The van der Waals surface area contributed by atoms with E-state index in [-0.39, 0.29) is 57.0 Å². The minimum atomic E-state index is -1.51. The highest BCUT2D eigenvalue weighted by atomic mass is 16.5. The first kappa shape index (κ1) is 74.7. The maximum absolute atomic E-state index is 14.8. The SMILES string of the molecule is CC[C@H](C)C([C@@H](CC(=O)N1CCCC1[C@H](OC)[C@@H](C)C(=O)N[C@@H](Cc1ccccc1)C(=O)O)OC)N(C)C(=O)[C@@H](NC(=O)[C@H](C(C)C)N(C)C(=O)CNC(=O)C(CCCNC(N)=O)NC(=O)C(NC(=O)CCCCCN1C(=O)C=CC1=O)C(C)O)C(C)C. The third-order valence-corrected chi connectivity index (χ3v) is 16.4. The average Bonchev–Trinajstić information content (AvgIpc) is 4.19. The average molecular weight is 1240 g/mol. The number of nitrogens with zero attached hydrogens (tertiary/aromatic N) is 4. The Kier molecular flexibility index (Phi) is 31.2. The molecule has 2 heterocycles. The lowest BCUT2D eigenvalue weighted by Crippen LogP contribution is -2.61. The maximum Gasteiger partial charge on any atom is 0.326 e. The first-order valence-electron chi connectivity index (χ1n) is 30.4. The fourth-order valence-electron chi connectivity index (χ4n) is 11.2. The van der Waals surface area contributed by atoms with Crippen LogP contribution in [0.5, 0.6) is 0 Å². The fourth-order valence-corrected chi connectivity index (χ4v) is 11.2. The van der Waals surface area contributed by atoms with Crippen LogP contribution in [-0.4, -0.2) is 216 Å². The number of imide groups is 1. The number of aliphatic carboxylic acids is 1. The molecule has 0 saturated carbocycles. The number of nitrogens with two attached hydrogens (primary N) is 1. The van der Waals surface area contributed by atoms with Crippen LogP contribution >= 0.6 is 0 Å². The van der Waals surface area contributed by atoms with E-state index in [9.17, 15) is 67.7 Å². The predicted molar refractivity (Wildman–Crippen MR) is 324 cm³/mol. The van der Waals surface area contributed by atoms with Crippen molar-refractivity contribution in [3.05, 3.63) is 48.0 Å². The number of ether oxygens (including phenoxy) is 2. The highest BCUT2D eigenvalue weighted by Gasteiger charge is 2.44. The minimum absolute atomic E-state index is 0.00509. The first-order valence-corrected chi connectivity index (χ1v) is 30.4. The minimum Gasteiger partial charge on any atom is -0.480 e. The fraction of sp³-hybridized carbons (Fsp3) is 0.672. The summed E-state index contributed by atoms with van der Waals surface area (Å²) in [5, 5.41) is 36.0. The lowest BCUT2D eigenvalue weighted by molar-refractivity contribution is -0.149. The van der Waals surface area contributed by atoms with Gasteiger partial charge in [0.15, 0.2) is 0 Å². The quantitative estimate of drug-likeness (QED) is 0.0326. The second-order valence-corrected chi connectivity index (χ2v) is 23.6. The number of urea groups is 1. The van der Waals surface area contributed by atoms with E-state index in [1.165, 1.54) is 45.2 Å². The molecule has 88 heavy (non-hydrogen) atoms. The van der Waals surface area contributed by atoms with Gasteiger partial charge in [-0.05, 0) is 68.8 Å². The highest BCUT2D eigenvalue weighted by molar-refractivity contribution is 6.12. The van der Waals surface area contributed by atoms with Crippen molar-refractivity contribution >= 4 is 71.1 Å². The molecule has 0 radical (unpaired) electrons.